The van der Waals surface area contributed by atoms with E-state index in [1.807, 2.05) is 6.92 Å². The molecule has 1 aliphatic heterocycles. The first-order valence-corrected chi connectivity index (χ1v) is 10.2. The van der Waals surface area contributed by atoms with Crippen LogP contribution < -0.4 is 14.5 Å². The van der Waals surface area contributed by atoms with Crippen molar-refractivity contribution in [3.8, 4) is 0 Å². The average molecular weight is 368 g/mol. The predicted octanol–water partition coefficient (Wildman–Crippen LogP) is 1.47. The zero-order valence-corrected chi connectivity index (χ0v) is 15.4. The third-order valence-electron chi connectivity index (χ3n) is 4.00. The zero-order valence-electron chi connectivity index (χ0n) is 13.8. The summed E-state index contributed by atoms with van der Waals surface area (Å²) in [5.74, 6) is 0.808. The summed E-state index contributed by atoms with van der Waals surface area (Å²) in [5.41, 5.74) is 1.05. The van der Waals surface area contributed by atoms with Crippen LogP contribution in [-0.4, -0.2) is 51.6 Å². The molecule has 7 nitrogen and oxygen atoms in total. The number of hydrogen-bond acceptors (Lipinski definition) is 7. The lowest BCUT2D eigenvalue weighted by Gasteiger charge is -2.22. The van der Waals surface area contributed by atoms with Crippen LogP contribution in [0.1, 0.15) is 12.1 Å². The van der Waals surface area contributed by atoms with Gasteiger partial charge in [-0.25, -0.2) is 23.1 Å². The van der Waals surface area contributed by atoms with Crippen LogP contribution in [0.25, 0.3) is 0 Å². The van der Waals surface area contributed by atoms with E-state index in [-0.39, 0.29) is 4.90 Å². The molecule has 24 heavy (non-hydrogen) atoms. The van der Waals surface area contributed by atoms with Crippen molar-refractivity contribution in [3.05, 3.63) is 29.4 Å². The van der Waals surface area contributed by atoms with Gasteiger partial charge in [-0.15, -0.1) is 11.3 Å². The zero-order chi connectivity index (χ0) is 17.2. The molecular formula is C15H21N5O2S2. The summed E-state index contributed by atoms with van der Waals surface area (Å²) in [5, 5.41) is 3.14. The van der Waals surface area contributed by atoms with E-state index in [4.69, 9.17) is 0 Å². The number of hydrogen-bond donors (Lipinski definition) is 1. The van der Waals surface area contributed by atoms with Crippen LogP contribution in [0.4, 0.5) is 10.9 Å². The maximum absolute atomic E-state index is 11.8. The van der Waals surface area contributed by atoms with E-state index in [1.165, 1.54) is 13.2 Å². The molecule has 9 heteroatoms. The highest BCUT2D eigenvalue weighted by atomic mass is 32.2. The Morgan fingerprint density at radius 2 is 1.92 bits per heavy atom. The molecule has 0 spiro atoms. The molecule has 0 bridgehead atoms. The average Bonchev–Trinajstić information content (AvgIpc) is 2.87. The first-order valence-electron chi connectivity index (χ1n) is 7.81. The molecule has 2 aromatic rings. The number of aromatic nitrogens is 2. The molecule has 0 aromatic carbocycles. The fraction of sp³-hybridized carbons (Fsp3) is 0.467. The van der Waals surface area contributed by atoms with Gasteiger partial charge in [-0.05, 0) is 32.5 Å². The Morgan fingerprint density at radius 1 is 1.17 bits per heavy atom. The Labute approximate surface area is 146 Å². The third kappa shape index (κ3) is 3.68. The Morgan fingerprint density at radius 3 is 2.54 bits per heavy atom. The van der Waals surface area contributed by atoms with E-state index in [0.717, 1.165) is 49.2 Å². The molecule has 0 radical (unpaired) electrons. The number of nitrogens with one attached hydrogen (secondary N) is 1. The molecule has 1 saturated heterocycles. The van der Waals surface area contributed by atoms with Gasteiger partial charge in [-0.1, -0.05) is 0 Å². The molecule has 0 atom stereocenters. The monoisotopic (exact) mass is 367 g/mol. The maximum atomic E-state index is 11.8. The van der Waals surface area contributed by atoms with Gasteiger partial charge in [0.2, 0.25) is 10.0 Å². The van der Waals surface area contributed by atoms with Gasteiger partial charge < -0.3 is 9.80 Å². The second-order valence-corrected chi connectivity index (χ2v) is 8.38. The van der Waals surface area contributed by atoms with E-state index in [1.54, 1.807) is 23.5 Å². The first-order chi connectivity index (χ1) is 11.5. The molecule has 3 heterocycles. The standard InChI is InChI=1S/C15H21N5O2S2/c1-12-11-23-15(18-12)20-7-3-6-19(8-9-20)14-5-4-13(10-17-14)24(21,22)16-2/h4-5,10-11,16H,3,6-9H2,1-2H3. The SMILES string of the molecule is CNS(=O)(=O)c1ccc(N2CCCN(c3nc(C)cs3)CC2)nc1. The normalized spacial score (nSPS) is 16.2. The Hall–Kier alpha value is -1.71. The minimum absolute atomic E-state index is 0.184. The molecule has 0 unspecified atom stereocenters. The lowest BCUT2D eigenvalue weighted by molar-refractivity contribution is 0.588. The molecule has 1 fully saturated rings. The van der Waals surface area contributed by atoms with Gasteiger partial charge in [0.25, 0.3) is 0 Å². The lowest BCUT2D eigenvalue weighted by atomic mass is 10.3. The predicted molar refractivity (Wildman–Crippen MR) is 96.4 cm³/mol. The molecule has 130 valence electrons. The second kappa shape index (κ2) is 7.04. The summed E-state index contributed by atoms with van der Waals surface area (Å²) in [6.45, 7) is 5.59. The molecule has 3 rings (SSSR count). The van der Waals surface area contributed by atoms with Gasteiger partial charge in [0, 0.05) is 37.8 Å². The van der Waals surface area contributed by atoms with Crippen LogP contribution >= 0.6 is 11.3 Å². The number of sulfonamides is 1. The smallest absolute Gasteiger partial charge is 0.241 e. The number of rotatable bonds is 4. The lowest BCUT2D eigenvalue weighted by Crippen LogP contribution is -2.31. The van der Waals surface area contributed by atoms with E-state index in [2.05, 4.69) is 29.9 Å². The van der Waals surface area contributed by atoms with Gasteiger partial charge >= 0.3 is 0 Å². The van der Waals surface area contributed by atoms with Crippen molar-refractivity contribution >= 4 is 32.3 Å². The van der Waals surface area contributed by atoms with Crippen molar-refractivity contribution < 1.29 is 8.42 Å². The van der Waals surface area contributed by atoms with Crippen molar-refractivity contribution in [2.24, 2.45) is 0 Å². The summed E-state index contributed by atoms with van der Waals surface area (Å²) < 4.78 is 25.8. The van der Waals surface area contributed by atoms with Gasteiger partial charge in [0.1, 0.15) is 10.7 Å². The van der Waals surface area contributed by atoms with Crippen molar-refractivity contribution in [1.82, 2.24) is 14.7 Å². The highest BCUT2D eigenvalue weighted by Crippen LogP contribution is 2.23. The molecule has 0 aliphatic carbocycles. The van der Waals surface area contributed by atoms with E-state index < -0.39 is 10.0 Å². The molecular weight excluding hydrogens is 346 g/mol. The topological polar surface area (TPSA) is 78.4 Å². The van der Waals surface area contributed by atoms with E-state index in [0.29, 0.717) is 0 Å². The third-order valence-corrected chi connectivity index (χ3v) is 6.42. The van der Waals surface area contributed by atoms with Crippen molar-refractivity contribution in [3.63, 3.8) is 0 Å². The fourth-order valence-electron chi connectivity index (χ4n) is 2.66. The number of thiazole rings is 1. The highest BCUT2D eigenvalue weighted by molar-refractivity contribution is 7.89. The van der Waals surface area contributed by atoms with Crippen LogP contribution in [-0.2, 0) is 10.0 Å². The number of anilines is 2. The number of aryl methyl sites for hydroxylation is 1. The molecule has 2 aromatic heterocycles. The van der Waals surface area contributed by atoms with E-state index in [9.17, 15) is 8.42 Å². The second-order valence-electron chi connectivity index (χ2n) is 5.66. The van der Waals surface area contributed by atoms with Crippen LogP contribution in [0.2, 0.25) is 0 Å². The summed E-state index contributed by atoms with van der Waals surface area (Å²) in [4.78, 5) is 13.6. The minimum Gasteiger partial charge on any atom is -0.355 e. The quantitative estimate of drug-likeness (QED) is 0.882. The Bertz CT molecular complexity index is 788. The number of nitrogens with zero attached hydrogens (tertiary/aromatic N) is 4. The molecule has 0 saturated carbocycles. The van der Waals surface area contributed by atoms with Crippen molar-refractivity contribution in [2.75, 3.05) is 43.0 Å². The van der Waals surface area contributed by atoms with Crippen molar-refractivity contribution in [1.29, 1.82) is 0 Å². The van der Waals surface area contributed by atoms with E-state index >= 15 is 0 Å². The molecule has 0 amide bonds. The minimum atomic E-state index is -3.44. The maximum Gasteiger partial charge on any atom is 0.241 e. The largest absolute Gasteiger partial charge is 0.355 e. The van der Waals surface area contributed by atoms with Crippen molar-refractivity contribution in [2.45, 2.75) is 18.2 Å². The molecule has 1 aliphatic rings. The van der Waals surface area contributed by atoms with Crippen LogP contribution in [0.15, 0.2) is 28.6 Å². The number of pyridine rings is 1. The highest BCUT2D eigenvalue weighted by Gasteiger charge is 2.19. The summed E-state index contributed by atoms with van der Waals surface area (Å²) in [6, 6.07) is 3.37. The van der Waals surface area contributed by atoms with Crippen LogP contribution in [0.5, 0.6) is 0 Å². The summed E-state index contributed by atoms with van der Waals surface area (Å²) in [7, 11) is -2.05. The Balaban J connectivity index is 1.70. The van der Waals surface area contributed by atoms with Crippen LogP contribution in [0.3, 0.4) is 0 Å². The summed E-state index contributed by atoms with van der Waals surface area (Å²) in [6.07, 6.45) is 2.42. The summed E-state index contributed by atoms with van der Waals surface area (Å²) >= 11 is 1.68. The van der Waals surface area contributed by atoms with Crippen LogP contribution in [0, 0.1) is 6.92 Å². The molecule has 1 N–H and O–H groups in total. The fourth-order valence-corrected chi connectivity index (χ4v) is 4.19. The van der Waals surface area contributed by atoms with Gasteiger partial charge in [-0.3, -0.25) is 0 Å². The van der Waals surface area contributed by atoms with Gasteiger partial charge in [0.05, 0.1) is 5.69 Å². The Kier molecular flexibility index (Phi) is 5.02. The van der Waals surface area contributed by atoms with Gasteiger partial charge in [-0.2, -0.15) is 0 Å². The van der Waals surface area contributed by atoms with Gasteiger partial charge in [0.15, 0.2) is 5.13 Å². The first kappa shape index (κ1) is 17.1.